The maximum atomic E-state index is 13.5. The lowest BCUT2D eigenvalue weighted by molar-refractivity contribution is -0.268. The molecule has 0 saturated heterocycles. The number of esters is 2. The molecule has 4 aliphatic carbocycles. The van der Waals surface area contributed by atoms with Crippen molar-refractivity contribution in [2.75, 3.05) is 18.9 Å². The summed E-state index contributed by atoms with van der Waals surface area (Å²) in [6.07, 6.45) is 5.55. The van der Waals surface area contributed by atoms with Gasteiger partial charge in [0.25, 0.3) is 0 Å². The number of nitrogens with one attached hydrogen (secondary N) is 1. The third-order valence-electron chi connectivity index (χ3n) is 11.5. The molecule has 5 N–H and O–H groups in total. The molecule has 1 aromatic carbocycles. The number of anilines is 1. The molecule has 8 atom stereocenters. The van der Waals surface area contributed by atoms with E-state index >= 15 is 0 Å². The summed E-state index contributed by atoms with van der Waals surface area (Å²) in [6, 6.07) is 2.31. The van der Waals surface area contributed by atoms with Gasteiger partial charge in [-0.25, -0.2) is 4.79 Å². The number of allylic oxidation sites excluding steroid dienone is 4. The number of nitrogens with zero attached hydrogens (tertiary/aromatic N) is 1. The number of aliphatic hydroxyl groups is 2. The Kier molecular flexibility index (Phi) is 10.1. The van der Waals surface area contributed by atoms with Gasteiger partial charge in [0.15, 0.2) is 12.4 Å². The van der Waals surface area contributed by atoms with Crippen molar-refractivity contribution >= 4 is 35.1 Å². The van der Waals surface area contributed by atoms with Crippen molar-refractivity contribution in [3.05, 3.63) is 47.6 Å². The summed E-state index contributed by atoms with van der Waals surface area (Å²) in [6.45, 7) is 3.14. The molecular formula is C35H43N2O12-. The number of benzene rings is 1. The van der Waals surface area contributed by atoms with Gasteiger partial charge < -0.3 is 30.1 Å². The van der Waals surface area contributed by atoms with E-state index in [1.165, 1.54) is 6.07 Å². The van der Waals surface area contributed by atoms with Crippen LogP contribution in [0.5, 0.6) is 5.75 Å². The van der Waals surface area contributed by atoms with E-state index in [0.717, 1.165) is 31.2 Å². The molecule has 4 aliphatic rings. The molecule has 0 aromatic heterocycles. The second-order valence-corrected chi connectivity index (χ2v) is 14.1. The highest BCUT2D eigenvalue weighted by Crippen LogP contribution is 2.67. The molecule has 0 radical (unpaired) electrons. The molecule has 14 nitrogen and oxygen atoms in total. The molecule has 3 fully saturated rings. The van der Waals surface area contributed by atoms with Gasteiger partial charge in [-0.2, -0.15) is 0 Å². The molecule has 0 unspecified atom stereocenters. The van der Waals surface area contributed by atoms with Gasteiger partial charge >= 0.3 is 11.9 Å². The summed E-state index contributed by atoms with van der Waals surface area (Å²) in [4.78, 5) is 63.1. The van der Waals surface area contributed by atoms with E-state index in [0.29, 0.717) is 18.4 Å². The topological polar surface area (TPSA) is 223 Å². The van der Waals surface area contributed by atoms with Crippen LogP contribution in [-0.4, -0.2) is 81.5 Å². The van der Waals surface area contributed by atoms with Gasteiger partial charge in [0.1, 0.15) is 11.6 Å². The lowest BCUT2D eigenvalue weighted by atomic mass is 9.46. The molecule has 0 bridgehead atoms. The minimum atomic E-state index is -1.84. The predicted molar refractivity (Wildman–Crippen MR) is 168 cm³/mol. The Hall–Kier alpha value is -4.11. The van der Waals surface area contributed by atoms with E-state index in [2.05, 4.69) is 5.32 Å². The summed E-state index contributed by atoms with van der Waals surface area (Å²) in [5.41, 5.74) is -2.45. The zero-order valence-corrected chi connectivity index (χ0v) is 27.7. The maximum absolute atomic E-state index is 13.5. The van der Waals surface area contributed by atoms with Gasteiger partial charge in [-0.3, -0.25) is 29.6 Å². The van der Waals surface area contributed by atoms with Gasteiger partial charge in [-0.15, -0.1) is 5.23 Å². The Morgan fingerprint density at radius 1 is 1.14 bits per heavy atom. The number of hydrogen-bond acceptors (Lipinski definition) is 13. The highest BCUT2D eigenvalue weighted by molar-refractivity contribution is 6.01. The highest BCUT2D eigenvalue weighted by atomic mass is 16.8. The van der Waals surface area contributed by atoms with Crippen LogP contribution in [0.3, 0.4) is 0 Å². The van der Waals surface area contributed by atoms with Crippen LogP contribution in [0.1, 0.15) is 64.4 Å². The van der Waals surface area contributed by atoms with Gasteiger partial charge in [0.2, 0.25) is 11.7 Å². The molecular weight excluding hydrogens is 640 g/mol. The number of carbonyl (C=O) groups excluding carboxylic acids is 5. The summed E-state index contributed by atoms with van der Waals surface area (Å²) in [5.74, 6) is -4.06. The molecule has 49 heavy (non-hydrogen) atoms. The minimum Gasteiger partial charge on any atom is -0.871 e. The van der Waals surface area contributed by atoms with Crippen molar-refractivity contribution in [2.24, 2.45) is 28.6 Å². The molecule has 3 saturated carbocycles. The van der Waals surface area contributed by atoms with Gasteiger partial charge in [0.05, 0.1) is 25.3 Å². The molecule has 0 spiro atoms. The SMILES string of the molecule is COC(=O)[C@@H](Cc1ccc([O-])c(N(O)O)c1)NC(=O)CCC(=O)OCC(=O)[C@@]1(O)CC[C@H]2[C@@H]3CCC4=CC(=O)C=C[C@]4(C)[C@@H]3[C@@H](O)C[C@@]21C. The molecule has 0 heterocycles. The van der Waals surface area contributed by atoms with E-state index in [1.54, 1.807) is 12.2 Å². The molecule has 5 rings (SSSR count). The Bertz CT molecular complexity index is 1590. The van der Waals surface area contributed by atoms with Crippen LogP contribution in [0.25, 0.3) is 0 Å². The Balaban J connectivity index is 1.16. The Labute approximate surface area is 283 Å². The zero-order chi connectivity index (χ0) is 35.9. The molecule has 1 amide bonds. The van der Waals surface area contributed by atoms with E-state index in [4.69, 9.17) is 9.47 Å². The number of hydrogen-bond donors (Lipinski definition) is 5. The van der Waals surface area contributed by atoms with Crippen LogP contribution >= 0.6 is 0 Å². The Morgan fingerprint density at radius 3 is 2.57 bits per heavy atom. The van der Waals surface area contributed by atoms with Gasteiger partial charge in [-0.05, 0) is 67.7 Å². The van der Waals surface area contributed by atoms with Crippen molar-refractivity contribution in [3.8, 4) is 5.75 Å². The fraction of sp³-hybridized carbons (Fsp3) is 0.571. The van der Waals surface area contributed by atoms with Crippen molar-refractivity contribution in [2.45, 2.75) is 83.0 Å². The number of methoxy groups -OCH3 is 1. The van der Waals surface area contributed by atoms with Crippen molar-refractivity contribution in [1.29, 1.82) is 0 Å². The first-order valence-corrected chi connectivity index (χ1v) is 16.4. The predicted octanol–water partition coefficient (Wildman–Crippen LogP) is 1.45. The largest absolute Gasteiger partial charge is 0.871 e. The van der Waals surface area contributed by atoms with E-state index in [9.17, 15) is 49.7 Å². The number of ketones is 2. The van der Waals surface area contributed by atoms with Crippen LogP contribution < -0.4 is 15.6 Å². The average Bonchev–Trinajstić information content (AvgIpc) is 3.33. The van der Waals surface area contributed by atoms with E-state index in [-0.39, 0.29) is 48.0 Å². The zero-order valence-electron chi connectivity index (χ0n) is 27.7. The normalized spacial score (nSPS) is 32.1. The van der Waals surface area contributed by atoms with Crippen LogP contribution in [0, 0.1) is 28.6 Å². The quantitative estimate of drug-likeness (QED) is 0.165. The number of Topliss-reactive ketones (excluding diaryl/α,β-unsaturated/α-hetero) is 1. The van der Waals surface area contributed by atoms with Crippen molar-refractivity contribution in [1.82, 2.24) is 5.32 Å². The third-order valence-corrected chi connectivity index (χ3v) is 11.5. The first-order chi connectivity index (χ1) is 23.0. The second-order valence-electron chi connectivity index (χ2n) is 14.1. The summed E-state index contributed by atoms with van der Waals surface area (Å²) < 4.78 is 9.93. The fourth-order valence-electron chi connectivity index (χ4n) is 9.03. The standard InChI is InChI=1S/C35H44N2O12/c1-33-12-10-21(38)16-20(33)5-6-22-23-11-13-35(45,34(23,2)17-27(40)31(22)33)28(41)18-49-30(43)9-8-29(42)36-24(32(44)48-3)14-19-4-7-26(39)25(15-19)37(46)47/h4,7,10,12,15-16,22-24,27,31,39-40,45-47H,5-6,8-9,11,13-14,17-18H2,1-3H3,(H,36,42)/p-1/t22-,23-,24+,27-,31-,33-,34-,35-/m0/s1. The monoisotopic (exact) mass is 683 g/mol. The highest BCUT2D eigenvalue weighted by Gasteiger charge is 2.68. The average molecular weight is 684 g/mol. The molecule has 14 heteroatoms. The first kappa shape index (κ1) is 36.2. The summed E-state index contributed by atoms with van der Waals surface area (Å²) in [5, 5.41) is 55.7. The number of amides is 1. The smallest absolute Gasteiger partial charge is 0.328 e. The number of carbonyl (C=O) groups is 5. The van der Waals surface area contributed by atoms with Crippen LogP contribution in [0.4, 0.5) is 5.69 Å². The molecule has 1 aromatic rings. The van der Waals surface area contributed by atoms with Crippen LogP contribution in [0.2, 0.25) is 0 Å². The number of fused-ring (bicyclic) bond motifs is 5. The minimum absolute atomic E-state index is 0.0117. The van der Waals surface area contributed by atoms with Crippen molar-refractivity contribution in [3.63, 3.8) is 0 Å². The molecule has 0 aliphatic heterocycles. The summed E-state index contributed by atoms with van der Waals surface area (Å²) in [7, 11) is 1.11. The third kappa shape index (κ3) is 6.62. The Morgan fingerprint density at radius 2 is 1.88 bits per heavy atom. The fourth-order valence-corrected chi connectivity index (χ4v) is 9.03. The van der Waals surface area contributed by atoms with Crippen molar-refractivity contribution < 1.29 is 59.2 Å². The number of aliphatic hydroxyl groups excluding tert-OH is 1. The van der Waals surface area contributed by atoms with Crippen LogP contribution in [-0.2, 0) is 39.9 Å². The first-order valence-electron chi connectivity index (χ1n) is 16.4. The molecule has 266 valence electrons. The van der Waals surface area contributed by atoms with Gasteiger partial charge in [0, 0.05) is 29.6 Å². The van der Waals surface area contributed by atoms with Crippen LogP contribution in [0.15, 0.2) is 42.0 Å². The maximum Gasteiger partial charge on any atom is 0.328 e. The van der Waals surface area contributed by atoms with E-state index in [1.807, 2.05) is 19.9 Å². The summed E-state index contributed by atoms with van der Waals surface area (Å²) >= 11 is 0. The second kappa shape index (κ2) is 13.7. The lowest BCUT2D eigenvalue weighted by Crippen LogP contribution is -2.61. The lowest BCUT2D eigenvalue weighted by Gasteiger charge is -2.59. The van der Waals surface area contributed by atoms with E-state index < -0.39 is 83.1 Å². The number of rotatable bonds is 11. The number of ether oxygens (including phenoxy) is 2. The van der Waals surface area contributed by atoms with Gasteiger partial charge in [-0.1, -0.05) is 43.4 Å².